The number of aliphatic hydroxyl groups excluding tert-OH is 3. The van der Waals surface area contributed by atoms with Crippen LogP contribution in [-0.4, -0.2) is 74.3 Å². The van der Waals surface area contributed by atoms with E-state index in [2.05, 4.69) is 0 Å². The molecule has 1 saturated heterocycles. The summed E-state index contributed by atoms with van der Waals surface area (Å²) in [7, 11) is 0. The predicted molar refractivity (Wildman–Crippen MR) is 50.5 cm³/mol. The molecule has 1 unspecified atom stereocenters. The van der Waals surface area contributed by atoms with Crippen molar-refractivity contribution in [3.05, 3.63) is 0 Å². The summed E-state index contributed by atoms with van der Waals surface area (Å²) in [5.41, 5.74) is 4.91. The topological polar surface area (TPSA) is 148 Å². The lowest BCUT2D eigenvalue weighted by molar-refractivity contribution is -0.136. The Hall–Kier alpha value is -1.91. The first-order valence-corrected chi connectivity index (χ1v) is 4.50. The number of carbonyl (C=O) groups is 3. The first kappa shape index (κ1) is 13.2. The van der Waals surface area contributed by atoms with E-state index in [0.29, 0.717) is 14.7 Å². The predicted octanol–water partition coefficient (Wildman–Crippen LogP) is -3.19. The van der Waals surface area contributed by atoms with Gasteiger partial charge in [0.25, 0.3) is 5.91 Å². The van der Waals surface area contributed by atoms with E-state index in [0.717, 1.165) is 0 Å². The molecule has 0 aromatic carbocycles. The van der Waals surface area contributed by atoms with Crippen molar-refractivity contribution < 1.29 is 29.7 Å². The summed E-state index contributed by atoms with van der Waals surface area (Å²) < 4.78 is 0. The van der Waals surface area contributed by atoms with Crippen LogP contribution in [0.1, 0.15) is 0 Å². The molecule has 0 radical (unpaired) electrons. The lowest BCUT2D eigenvalue weighted by Gasteiger charge is -2.28. The molecule has 0 spiro atoms. The van der Waals surface area contributed by atoms with Crippen LogP contribution in [0.15, 0.2) is 0 Å². The van der Waals surface area contributed by atoms with Gasteiger partial charge in [-0.25, -0.2) is 14.5 Å². The van der Waals surface area contributed by atoms with Crippen molar-refractivity contribution in [2.24, 2.45) is 5.73 Å². The average molecular weight is 248 g/mol. The van der Waals surface area contributed by atoms with Gasteiger partial charge in [0, 0.05) is 0 Å². The number of nitrogens with zero attached hydrogens (tertiary/aromatic N) is 3. The van der Waals surface area contributed by atoms with Crippen molar-refractivity contribution in [3.8, 4) is 0 Å². The van der Waals surface area contributed by atoms with Crippen LogP contribution in [0.2, 0.25) is 0 Å². The van der Waals surface area contributed by atoms with Gasteiger partial charge in [-0.05, 0) is 0 Å². The number of hydrogen-bond donors (Lipinski definition) is 4. The largest absolute Gasteiger partial charge is 0.376 e. The normalized spacial score (nSPS) is 20.1. The summed E-state index contributed by atoms with van der Waals surface area (Å²) in [6, 6.07) is -2.12. The van der Waals surface area contributed by atoms with Gasteiger partial charge in [-0.2, -0.15) is 0 Å². The van der Waals surface area contributed by atoms with Crippen LogP contribution in [0.5, 0.6) is 0 Å². The first-order chi connectivity index (χ1) is 7.99. The van der Waals surface area contributed by atoms with Crippen LogP contribution in [0, 0.1) is 0 Å². The average Bonchev–Trinajstić information content (AvgIpc) is 2.51. The smallest absolute Gasteiger partial charge is 0.332 e. The molecule has 1 atom stereocenters. The van der Waals surface area contributed by atoms with E-state index < -0.39 is 44.3 Å². The Kier molecular flexibility index (Phi) is 3.83. The standard InChI is InChI=1S/C7H12N4O6/c8-6(16)9(1-12)4-5(15)11(3-14)7(17)10(4)2-13/h4,12-14H,1-3H2,(H2,8,16). The lowest BCUT2D eigenvalue weighted by atomic mass is 10.4. The molecule has 1 fully saturated rings. The zero-order valence-electron chi connectivity index (χ0n) is 8.68. The SMILES string of the molecule is NC(=O)N(CO)C1C(=O)N(CO)C(=O)N1CO. The maximum Gasteiger partial charge on any atom is 0.332 e. The maximum absolute atomic E-state index is 11.7. The number of imide groups is 1. The maximum atomic E-state index is 11.7. The molecule has 1 heterocycles. The number of primary amides is 1. The molecule has 96 valence electrons. The highest BCUT2D eigenvalue weighted by Gasteiger charge is 2.48. The van der Waals surface area contributed by atoms with Crippen LogP contribution < -0.4 is 5.73 Å². The number of carbonyl (C=O) groups excluding carboxylic acids is 3. The Bertz CT molecular complexity index is 347. The third kappa shape index (κ3) is 2.00. The Morgan fingerprint density at radius 2 is 1.88 bits per heavy atom. The zero-order chi connectivity index (χ0) is 13.2. The van der Waals surface area contributed by atoms with E-state index >= 15 is 0 Å². The van der Waals surface area contributed by atoms with Gasteiger partial charge in [0.15, 0.2) is 6.17 Å². The first-order valence-electron chi connectivity index (χ1n) is 4.50. The molecule has 10 heteroatoms. The zero-order valence-corrected chi connectivity index (χ0v) is 8.68. The fourth-order valence-corrected chi connectivity index (χ4v) is 1.46. The number of rotatable bonds is 4. The molecule has 1 aliphatic rings. The molecule has 0 aromatic rings. The van der Waals surface area contributed by atoms with E-state index in [1.807, 2.05) is 0 Å². The van der Waals surface area contributed by atoms with E-state index in [9.17, 15) is 14.4 Å². The quantitative estimate of drug-likeness (QED) is 0.304. The van der Waals surface area contributed by atoms with Gasteiger partial charge in [0.1, 0.15) is 20.2 Å². The summed E-state index contributed by atoms with van der Waals surface area (Å²) in [5, 5.41) is 26.7. The molecule has 17 heavy (non-hydrogen) atoms. The summed E-state index contributed by atoms with van der Waals surface area (Å²) in [5.74, 6) is -0.959. The minimum absolute atomic E-state index is 0.409. The fraction of sp³-hybridized carbons (Fsp3) is 0.571. The molecule has 1 aliphatic heterocycles. The molecule has 10 nitrogen and oxygen atoms in total. The van der Waals surface area contributed by atoms with Gasteiger partial charge in [-0.1, -0.05) is 0 Å². The molecule has 0 bridgehead atoms. The van der Waals surface area contributed by atoms with Crippen molar-refractivity contribution in [2.45, 2.75) is 6.17 Å². The minimum Gasteiger partial charge on any atom is -0.376 e. The van der Waals surface area contributed by atoms with Gasteiger partial charge in [-0.3, -0.25) is 14.6 Å². The van der Waals surface area contributed by atoms with Crippen LogP contribution in [0.4, 0.5) is 9.59 Å². The van der Waals surface area contributed by atoms with Crippen molar-refractivity contribution in [1.29, 1.82) is 0 Å². The third-order valence-electron chi connectivity index (χ3n) is 2.28. The summed E-state index contributed by atoms with van der Waals surface area (Å²) in [6.45, 7) is -2.67. The van der Waals surface area contributed by atoms with Crippen molar-refractivity contribution >= 4 is 18.0 Å². The number of urea groups is 2. The molecule has 5 N–H and O–H groups in total. The van der Waals surface area contributed by atoms with Gasteiger partial charge >= 0.3 is 12.1 Å². The van der Waals surface area contributed by atoms with Gasteiger partial charge in [0.2, 0.25) is 0 Å². The molecule has 0 saturated carbocycles. The molecule has 1 rings (SSSR count). The van der Waals surface area contributed by atoms with Gasteiger partial charge < -0.3 is 21.1 Å². The summed E-state index contributed by atoms with van der Waals surface area (Å²) >= 11 is 0. The molecule has 0 aliphatic carbocycles. The Morgan fingerprint density at radius 1 is 1.29 bits per heavy atom. The van der Waals surface area contributed by atoms with Crippen molar-refractivity contribution in [2.75, 3.05) is 20.2 Å². The van der Waals surface area contributed by atoms with E-state index in [-0.39, 0.29) is 0 Å². The van der Waals surface area contributed by atoms with Gasteiger partial charge in [-0.15, -0.1) is 0 Å². The number of aliphatic hydroxyl groups is 3. The van der Waals surface area contributed by atoms with Crippen LogP contribution in [-0.2, 0) is 4.79 Å². The minimum atomic E-state index is -1.55. The lowest BCUT2D eigenvalue weighted by Crippen LogP contribution is -2.54. The van der Waals surface area contributed by atoms with Crippen molar-refractivity contribution in [1.82, 2.24) is 14.7 Å². The highest BCUT2D eigenvalue weighted by Crippen LogP contribution is 2.19. The van der Waals surface area contributed by atoms with Crippen LogP contribution in [0.25, 0.3) is 0 Å². The Labute approximate surface area is 95.4 Å². The number of nitrogens with two attached hydrogens (primary N) is 1. The highest BCUT2D eigenvalue weighted by atomic mass is 16.3. The summed E-state index contributed by atoms with van der Waals surface area (Å²) in [4.78, 5) is 35.6. The Balaban J connectivity index is 3.08. The second kappa shape index (κ2) is 4.95. The summed E-state index contributed by atoms with van der Waals surface area (Å²) in [6.07, 6.45) is -1.55. The van der Waals surface area contributed by atoms with Crippen molar-refractivity contribution in [3.63, 3.8) is 0 Å². The molecular weight excluding hydrogens is 236 g/mol. The second-order valence-electron chi connectivity index (χ2n) is 3.12. The van der Waals surface area contributed by atoms with Crippen LogP contribution >= 0.6 is 0 Å². The number of hydrogen-bond acceptors (Lipinski definition) is 6. The Morgan fingerprint density at radius 3 is 2.24 bits per heavy atom. The monoisotopic (exact) mass is 248 g/mol. The van der Waals surface area contributed by atoms with Crippen LogP contribution in [0.3, 0.4) is 0 Å². The van der Waals surface area contributed by atoms with E-state index in [1.54, 1.807) is 0 Å². The highest BCUT2D eigenvalue weighted by molar-refractivity contribution is 6.04. The second-order valence-corrected chi connectivity index (χ2v) is 3.12. The molecular formula is C7H12N4O6. The van der Waals surface area contributed by atoms with E-state index in [1.165, 1.54) is 0 Å². The third-order valence-corrected chi connectivity index (χ3v) is 2.28. The molecule has 0 aromatic heterocycles. The van der Waals surface area contributed by atoms with Gasteiger partial charge in [0.05, 0.1) is 0 Å². The van der Waals surface area contributed by atoms with E-state index in [4.69, 9.17) is 21.1 Å². The number of amides is 5. The fourth-order valence-electron chi connectivity index (χ4n) is 1.46. The molecule has 5 amide bonds.